The van der Waals surface area contributed by atoms with E-state index in [1.54, 1.807) is 0 Å². The minimum absolute atomic E-state index is 0.500. The third kappa shape index (κ3) is 13700. The van der Waals surface area contributed by atoms with Crippen LogP contribution in [0.3, 0.4) is 0 Å². The topological polar surface area (TPSA) is 57.5 Å². The third-order valence-electron chi connectivity index (χ3n) is 0. The van der Waals surface area contributed by atoms with Gasteiger partial charge in [-0.3, -0.25) is 4.57 Å². The van der Waals surface area contributed by atoms with E-state index in [1.807, 2.05) is 0 Å². The Balaban J connectivity index is 0. The first-order valence-corrected chi connectivity index (χ1v) is 3.95. The van der Waals surface area contributed by atoms with E-state index < -0.39 is 8.25 Å². The molecule has 4 heteroatoms. The Hall–Kier alpha value is 0.150. The van der Waals surface area contributed by atoms with E-state index in [0.29, 0.717) is 5.41 Å². The quantitative estimate of drug-likeness (QED) is 0.518. The first-order chi connectivity index (χ1) is 3.73. The fraction of sp³-hybridized carbons (Fsp3) is 1.00. The van der Waals surface area contributed by atoms with Crippen LogP contribution in [0.4, 0.5) is 0 Å². The number of rotatable bonds is 0. The van der Waals surface area contributed by atoms with Gasteiger partial charge in [-0.05, 0) is 5.41 Å². The van der Waals surface area contributed by atoms with Crippen molar-refractivity contribution in [2.24, 2.45) is 5.41 Å². The Morgan fingerprint density at radius 2 is 1.11 bits per heavy atom. The van der Waals surface area contributed by atoms with E-state index in [1.165, 1.54) is 0 Å². The van der Waals surface area contributed by atoms with Gasteiger partial charge < -0.3 is 9.79 Å². The highest BCUT2D eigenvalue weighted by molar-refractivity contribution is 7.30. The summed E-state index contributed by atoms with van der Waals surface area (Å²) < 4.78 is 8.74. The summed E-state index contributed by atoms with van der Waals surface area (Å²) >= 11 is 0. The summed E-state index contributed by atoms with van der Waals surface area (Å²) in [6.45, 7) is 8.75. The molecule has 0 aliphatic rings. The largest absolute Gasteiger partial charge is 0.326 e. The molecule has 2 N–H and O–H groups in total. The molecule has 0 aromatic rings. The van der Waals surface area contributed by atoms with Gasteiger partial charge in [0.2, 0.25) is 0 Å². The summed E-state index contributed by atoms with van der Waals surface area (Å²) in [5.74, 6) is 0. The van der Waals surface area contributed by atoms with Crippen LogP contribution in [0.5, 0.6) is 0 Å². The lowest BCUT2D eigenvalue weighted by molar-refractivity contribution is 0.405. The second kappa shape index (κ2) is 4.98. The van der Waals surface area contributed by atoms with Crippen molar-refractivity contribution in [3.63, 3.8) is 0 Å². The molecule has 9 heavy (non-hydrogen) atoms. The molecule has 0 aliphatic carbocycles. The van der Waals surface area contributed by atoms with E-state index in [2.05, 4.69) is 27.7 Å². The number of hydrogen-bond donors (Lipinski definition) is 2. The minimum Gasteiger partial charge on any atom is -0.326 e. The maximum Gasteiger partial charge on any atom is 0.314 e. The Labute approximate surface area is 56.7 Å². The molecular formula is C5H15O3P. The van der Waals surface area contributed by atoms with Crippen LogP contribution in [0.1, 0.15) is 27.7 Å². The summed E-state index contributed by atoms with van der Waals surface area (Å²) in [5, 5.41) is 0. The maximum absolute atomic E-state index is 8.74. The fourth-order valence-corrected chi connectivity index (χ4v) is 0. The monoisotopic (exact) mass is 154 g/mol. The molecule has 0 spiro atoms. The average Bonchev–Trinajstić information content (AvgIpc) is 1.19. The van der Waals surface area contributed by atoms with Gasteiger partial charge in [-0.25, -0.2) is 0 Å². The second-order valence-electron chi connectivity index (χ2n) is 3.28. The van der Waals surface area contributed by atoms with Crippen molar-refractivity contribution in [3.8, 4) is 0 Å². The molecule has 0 aromatic carbocycles. The fourth-order valence-electron chi connectivity index (χ4n) is 0. The molecule has 0 bridgehead atoms. The van der Waals surface area contributed by atoms with Gasteiger partial charge in [-0.2, -0.15) is 0 Å². The van der Waals surface area contributed by atoms with Crippen LogP contribution in [0.2, 0.25) is 0 Å². The standard InChI is InChI=1S/C5H12.H3O3P/c1-5(2,3)4;1-4(2)3/h1-4H3;4H,(H2,1,2,3). The highest BCUT2D eigenvalue weighted by atomic mass is 31.1. The lowest BCUT2D eigenvalue weighted by Crippen LogP contribution is -1.93. The van der Waals surface area contributed by atoms with Crippen LogP contribution in [-0.2, 0) is 4.57 Å². The van der Waals surface area contributed by atoms with Crippen LogP contribution in [-0.4, -0.2) is 9.79 Å². The Morgan fingerprint density at radius 3 is 1.11 bits per heavy atom. The normalized spacial score (nSPS) is 10.6. The highest BCUT2D eigenvalue weighted by Gasteiger charge is 1.95. The van der Waals surface area contributed by atoms with E-state index in [0.717, 1.165) is 0 Å². The van der Waals surface area contributed by atoms with E-state index >= 15 is 0 Å². The van der Waals surface area contributed by atoms with Crippen molar-refractivity contribution in [3.05, 3.63) is 0 Å². The van der Waals surface area contributed by atoms with E-state index in [-0.39, 0.29) is 0 Å². The van der Waals surface area contributed by atoms with Gasteiger partial charge in [0.15, 0.2) is 0 Å². The molecule has 0 saturated heterocycles. The summed E-state index contributed by atoms with van der Waals surface area (Å²) in [7, 11) is -3.13. The Kier molecular flexibility index (Phi) is 6.57. The van der Waals surface area contributed by atoms with Crippen LogP contribution in [0, 0.1) is 5.41 Å². The lowest BCUT2D eigenvalue weighted by atomic mass is 10.0. The maximum atomic E-state index is 8.74. The molecule has 0 saturated carbocycles. The molecular weight excluding hydrogens is 139 g/mol. The summed E-state index contributed by atoms with van der Waals surface area (Å²) in [4.78, 5) is 14.3. The highest BCUT2D eigenvalue weighted by Crippen LogP contribution is 2.08. The summed E-state index contributed by atoms with van der Waals surface area (Å²) in [6.07, 6.45) is 0. The van der Waals surface area contributed by atoms with Gasteiger partial charge in [0, 0.05) is 0 Å². The SMILES string of the molecule is CC(C)(C)C.O=[PH](O)O. The average molecular weight is 154 g/mol. The summed E-state index contributed by atoms with van der Waals surface area (Å²) in [5.41, 5.74) is 0.500. The van der Waals surface area contributed by atoms with E-state index in [4.69, 9.17) is 14.4 Å². The zero-order valence-electron chi connectivity index (χ0n) is 6.30. The Bertz CT molecular complexity index is 74.7. The van der Waals surface area contributed by atoms with Gasteiger partial charge >= 0.3 is 8.25 Å². The molecule has 0 unspecified atom stereocenters. The van der Waals surface area contributed by atoms with Crippen LogP contribution in [0.25, 0.3) is 0 Å². The molecule has 58 valence electrons. The molecule has 0 aliphatic heterocycles. The van der Waals surface area contributed by atoms with Crippen molar-refractivity contribution < 1.29 is 14.4 Å². The van der Waals surface area contributed by atoms with Crippen molar-refractivity contribution in [1.82, 2.24) is 0 Å². The van der Waals surface area contributed by atoms with Gasteiger partial charge in [0.05, 0.1) is 0 Å². The third-order valence-corrected chi connectivity index (χ3v) is 0. The van der Waals surface area contributed by atoms with Crippen molar-refractivity contribution >= 4 is 8.25 Å². The van der Waals surface area contributed by atoms with Crippen LogP contribution < -0.4 is 0 Å². The Morgan fingerprint density at radius 1 is 1.11 bits per heavy atom. The molecule has 0 aromatic heterocycles. The van der Waals surface area contributed by atoms with E-state index in [9.17, 15) is 0 Å². The molecule has 0 heterocycles. The predicted molar refractivity (Wildman–Crippen MR) is 38.6 cm³/mol. The zero-order valence-corrected chi connectivity index (χ0v) is 7.30. The van der Waals surface area contributed by atoms with Crippen molar-refractivity contribution in [2.45, 2.75) is 27.7 Å². The van der Waals surface area contributed by atoms with Crippen molar-refractivity contribution in [2.75, 3.05) is 0 Å². The molecule has 3 nitrogen and oxygen atoms in total. The first kappa shape index (κ1) is 11.9. The molecule has 0 amide bonds. The number of hydrogen-bond acceptors (Lipinski definition) is 1. The molecule has 0 rings (SSSR count). The molecule has 0 radical (unpaired) electrons. The first-order valence-electron chi connectivity index (χ1n) is 2.65. The second-order valence-corrected chi connectivity index (χ2v) is 3.85. The smallest absolute Gasteiger partial charge is 0.314 e. The molecule has 0 atom stereocenters. The van der Waals surface area contributed by atoms with Crippen molar-refractivity contribution in [1.29, 1.82) is 0 Å². The van der Waals surface area contributed by atoms with Crippen LogP contribution >= 0.6 is 8.25 Å². The van der Waals surface area contributed by atoms with Gasteiger partial charge in [-0.15, -0.1) is 0 Å². The molecule has 0 fully saturated rings. The van der Waals surface area contributed by atoms with Gasteiger partial charge in [-0.1, -0.05) is 27.7 Å². The predicted octanol–water partition coefficient (Wildman–Crippen LogP) is 1.41. The van der Waals surface area contributed by atoms with Crippen LogP contribution in [0.15, 0.2) is 0 Å². The zero-order chi connectivity index (χ0) is 8.08. The summed E-state index contributed by atoms with van der Waals surface area (Å²) in [6, 6.07) is 0. The van der Waals surface area contributed by atoms with Gasteiger partial charge in [0.25, 0.3) is 0 Å². The minimum atomic E-state index is -3.13. The van der Waals surface area contributed by atoms with Gasteiger partial charge in [0.1, 0.15) is 0 Å². The lowest BCUT2D eigenvalue weighted by Gasteiger charge is -2.05.